The van der Waals surface area contributed by atoms with E-state index >= 15 is 0 Å². The Morgan fingerprint density at radius 2 is 1.93 bits per heavy atom. The van der Waals surface area contributed by atoms with Gasteiger partial charge in [-0.2, -0.15) is 5.26 Å². The summed E-state index contributed by atoms with van der Waals surface area (Å²) in [5.41, 5.74) is 3.22. The average Bonchev–Trinajstić information content (AvgIpc) is 2.64. The van der Waals surface area contributed by atoms with Gasteiger partial charge in [0, 0.05) is 10.2 Å². The molecule has 0 bridgehead atoms. The molecule has 0 atom stereocenters. The number of hydrogen-bond acceptors (Lipinski definition) is 4. The van der Waals surface area contributed by atoms with Crippen molar-refractivity contribution in [1.82, 2.24) is 0 Å². The highest BCUT2D eigenvalue weighted by atomic mass is 79.9. The number of nitrogens with one attached hydrogen (secondary N) is 1. The first-order valence-corrected chi connectivity index (χ1v) is 9.20. The summed E-state index contributed by atoms with van der Waals surface area (Å²) < 4.78 is 11.6. The van der Waals surface area contributed by atoms with Crippen LogP contribution in [-0.4, -0.2) is 19.6 Å². The zero-order valence-electron chi connectivity index (χ0n) is 15.7. The minimum Gasteiger partial charge on any atom is -0.493 e. The van der Waals surface area contributed by atoms with Crippen LogP contribution in [0.4, 0.5) is 5.69 Å². The molecule has 0 aliphatic heterocycles. The molecule has 0 spiro atoms. The summed E-state index contributed by atoms with van der Waals surface area (Å²) in [7, 11) is 1.54. The van der Waals surface area contributed by atoms with E-state index in [4.69, 9.17) is 9.47 Å². The smallest absolute Gasteiger partial charge is 0.266 e. The molecule has 0 saturated carbocycles. The highest BCUT2D eigenvalue weighted by Gasteiger charge is 2.15. The number of nitriles is 1. The third-order valence-electron chi connectivity index (χ3n) is 3.97. The largest absolute Gasteiger partial charge is 0.493 e. The van der Waals surface area contributed by atoms with Gasteiger partial charge in [-0.05, 0) is 55.7 Å². The molecule has 0 aromatic heterocycles. The van der Waals surface area contributed by atoms with Crippen molar-refractivity contribution in [3.63, 3.8) is 0 Å². The number of ether oxygens (including phenoxy) is 2. The van der Waals surface area contributed by atoms with Gasteiger partial charge in [-0.15, -0.1) is 0 Å². The van der Waals surface area contributed by atoms with E-state index in [1.807, 2.05) is 45.0 Å². The number of amides is 1. The van der Waals surface area contributed by atoms with Crippen molar-refractivity contribution in [1.29, 1.82) is 5.26 Å². The number of carbonyl (C=O) groups is 1. The first kappa shape index (κ1) is 20.5. The fourth-order valence-corrected chi connectivity index (χ4v) is 3.02. The van der Waals surface area contributed by atoms with Gasteiger partial charge in [0.15, 0.2) is 11.5 Å². The number of anilines is 1. The maximum Gasteiger partial charge on any atom is 0.266 e. The van der Waals surface area contributed by atoms with E-state index in [0.29, 0.717) is 33.8 Å². The monoisotopic (exact) mass is 428 g/mol. The van der Waals surface area contributed by atoms with Crippen LogP contribution in [0, 0.1) is 25.2 Å². The van der Waals surface area contributed by atoms with Gasteiger partial charge >= 0.3 is 0 Å². The number of para-hydroxylation sites is 1. The van der Waals surface area contributed by atoms with Gasteiger partial charge in [-0.3, -0.25) is 4.79 Å². The zero-order chi connectivity index (χ0) is 20.0. The van der Waals surface area contributed by atoms with Crippen molar-refractivity contribution in [3.8, 4) is 17.6 Å². The molecule has 2 aromatic rings. The summed E-state index contributed by atoms with van der Waals surface area (Å²) in [4.78, 5) is 12.6. The molecule has 0 heterocycles. The predicted molar refractivity (Wildman–Crippen MR) is 110 cm³/mol. The third kappa shape index (κ3) is 4.89. The Bertz CT molecular complexity index is 910. The molecule has 1 N–H and O–H groups in total. The minimum absolute atomic E-state index is 0.00966. The average molecular weight is 429 g/mol. The summed E-state index contributed by atoms with van der Waals surface area (Å²) in [6.07, 6.45) is 1.52. The van der Waals surface area contributed by atoms with Gasteiger partial charge in [0.05, 0.1) is 13.7 Å². The van der Waals surface area contributed by atoms with Crippen LogP contribution < -0.4 is 14.8 Å². The molecular weight excluding hydrogens is 408 g/mol. The second-order valence-corrected chi connectivity index (χ2v) is 6.70. The van der Waals surface area contributed by atoms with Crippen LogP contribution in [0.2, 0.25) is 0 Å². The topological polar surface area (TPSA) is 71.3 Å². The van der Waals surface area contributed by atoms with Crippen LogP contribution in [0.1, 0.15) is 23.6 Å². The van der Waals surface area contributed by atoms with E-state index < -0.39 is 5.91 Å². The molecule has 2 aromatic carbocycles. The van der Waals surface area contributed by atoms with Crippen LogP contribution in [0.25, 0.3) is 6.08 Å². The van der Waals surface area contributed by atoms with E-state index in [0.717, 1.165) is 11.1 Å². The number of aryl methyl sites for hydroxylation is 2. The van der Waals surface area contributed by atoms with Crippen molar-refractivity contribution in [2.24, 2.45) is 0 Å². The molecule has 0 radical (unpaired) electrons. The SMILES string of the molecule is CCOc1cc(Br)c(/C=C(/C#N)C(=O)Nc2c(C)cccc2C)cc1OC. The number of carbonyl (C=O) groups excluding carboxylic acids is 1. The van der Waals surface area contributed by atoms with Crippen molar-refractivity contribution in [2.45, 2.75) is 20.8 Å². The standard InChI is InChI=1S/C21H21BrN2O3/c1-5-27-19-11-17(22)15(10-18(19)26-4)9-16(12-23)21(25)24-20-13(2)7-6-8-14(20)3/h6-11H,5H2,1-4H3,(H,24,25)/b16-9-. The first-order valence-electron chi connectivity index (χ1n) is 8.41. The highest BCUT2D eigenvalue weighted by molar-refractivity contribution is 9.10. The van der Waals surface area contributed by atoms with E-state index in [2.05, 4.69) is 21.2 Å². The van der Waals surface area contributed by atoms with Gasteiger partial charge in [0.25, 0.3) is 5.91 Å². The number of rotatable bonds is 6. The fraction of sp³-hybridized carbons (Fsp3) is 0.238. The van der Waals surface area contributed by atoms with E-state index in [-0.39, 0.29) is 5.57 Å². The van der Waals surface area contributed by atoms with Gasteiger partial charge in [-0.1, -0.05) is 34.1 Å². The van der Waals surface area contributed by atoms with Crippen molar-refractivity contribution >= 4 is 33.6 Å². The Labute approximate surface area is 167 Å². The second kappa shape index (κ2) is 9.24. The summed E-state index contributed by atoms with van der Waals surface area (Å²) in [6, 6.07) is 11.2. The van der Waals surface area contributed by atoms with Crippen molar-refractivity contribution in [2.75, 3.05) is 19.0 Å². The summed E-state index contributed by atoms with van der Waals surface area (Å²) in [5.74, 6) is 0.649. The maximum atomic E-state index is 12.6. The van der Waals surface area contributed by atoms with Gasteiger partial charge in [0.1, 0.15) is 11.6 Å². The molecule has 0 aliphatic carbocycles. The van der Waals surface area contributed by atoms with Gasteiger partial charge in [0.2, 0.25) is 0 Å². The number of benzene rings is 2. The Morgan fingerprint density at radius 1 is 1.26 bits per heavy atom. The van der Waals surface area contributed by atoms with Crippen LogP contribution in [0.5, 0.6) is 11.5 Å². The number of halogens is 1. The Morgan fingerprint density at radius 3 is 2.48 bits per heavy atom. The normalized spacial score (nSPS) is 10.9. The lowest BCUT2D eigenvalue weighted by atomic mass is 10.1. The Hall–Kier alpha value is -2.78. The second-order valence-electron chi connectivity index (χ2n) is 5.85. The van der Waals surface area contributed by atoms with E-state index in [1.165, 1.54) is 13.2 Å². The third-order valence-corrected chi connectivity index (χ3v) is 4.65. The summed E-state index contributed by atoms with van der Waals surface area (Å²) in [6.45, 7) is 6.20. The summed E-state index contributed by atoms with van der Waals surface area (Å²) in [5, 5.41) is 12.3. The molecule has 1 amide bonds. The number of methoxy groups -OCH3 is 1. The lowest BCUT2D eigenvalue weighted by Crippen LogP contribution is -2.15. The molecule has 0 fully saturated rings. The maximum absolute atomic E-state index is 12.6. The van der Waals surface area contributed by atoms with Crippen LogP contribution >= 0.6 is 15.9 Å². The molecule has 5 nitrogen and oxygen atoms in total. The van der Waals surface area contributed by atoms with Crippen LogP contribution in [0.3, 0.4) is 0 Å². The van der Waals surface area contributed by atoms with Crippen LogP contribution in [-0.2, 0) is 4.79 Å². The molecule has 0 unspecified atom stereocenters. The molecule has 140 valence electrons. The molecule has 0 saturated heterocycles. The minimum atomic E-state index is -0.463. The predicted octanol–water partition coefficient (Wildman–Crippen LogP) is 5.02. The molecule has 2 rings (SSSR count). The van der Waals surface area contributed by atoms with Crippen molar-refractivity contribution < 1.29 is 14.3 Å². The fourth-order valence-electron chi connectivity index (χ4n) is 2.59. The van der Waals surface area contributed by atoms with E-state index in [9.17, 15) is 10.1 Å². The lowest BCUT2D eigenvalue weighted by molar-refractivity contribution is -0.112. The van der Waals surface area contributed by atoms with Gasteiger partial charge < -0.3 is 14.8 Å². The molecular formula is C21H21BrN2O3. The van der Waals surface area contributed by atoms with Gasteiger partial charge in [-0.25, -0.2) is 0 Å². The van der Waals surface area contributed by atoms with Crippen molar-refractivity contribution in [3.05, 3.63) is 57.1 Å². The Balaban J connectivity index is 2.38. The molecule has 6 heteroatoms. The Kier molecular flexibility index (Phi) is 7.03. The lowest BCUT2D eigenvalue weighted by Gasteiger charge is -2.12. The van der Waals surface area contributed by atoms with E-state index in [1.54, 1.807) is 12.1 Å². The zero-order valence-corrected chi connectivity index (χ0v) is 17.3. The first-order chi connectivity index (χ1) is 12.9. The number of hydrogen-bond donors (Lipinski definition) is 1. The molecule has 0 aliphatic rings. The molecule has 27 heavy (non-hydrogen) atoms. The quantitative estimate of drug-likeness (QED) is 0.517. The summed E-state index contributed by atoms with van der Waals surface area (Å²) >= 11 is 3.46. The number of nitrogens with zero attached hydrogens (tertiary/aromatic N) is 1. The van der Waals surface area contributed by atoms with Crippen LogP contribution in [0.15, 0.2) is 40.4 Å². The highest BCUT2D eigenvalue weighted by Crippen LogP contribution is 2.34.